The molecule has 2 rings (SSSR count). The Kier molecular flexibility index (Phi) is 9.03. The van der Waals surface area contributed by atoms with E-state index in [1.165, 1.54) is 0 Å². The molecular weight excluding hydrogens is 374 g/mol. The average molecular weight is 404 g/mol. The summed E-state index contributed by atoms with van der Waals surface area (Å²) in [6, 6.07) is 6.91. The summed E-state index contributed by atoms with van der Waals surface area (Å²) >= 11 is 0. The molecule has 1 aliphatic rings. The third kappa shape index (κ3) is 5.67. The van der Waals surface area contributed by atoms with Crippen LogP contribution in [-0.4, -0.2) is 44.3 Å². The predicted molar refractivity (Wildman–Crippen MR) is 106 cm³/mol. The van der Waals surface area contributed by atoms with E-state index in [9.17, 15) is 13.2 Å². The first kappa shape index (κ1) is 22.9. The van der Waals surface area contributed by atoms with Crippen LogP contribution < -0.4 is 11.1 Å². The smallest absolute Gasteiger partial charge is 0.243 e. The number of sulfonamides is 1. The Labute approximate surface area is 163 Å². The van der Waals surface area contributed by atoms with Crippen molar-refractivity contribution in [1.29, 1.82) is 0 Å². The molecule has 3 N–H and O–H groups in total. The van der Waals surface area contributed by atoms with Gasteiger partial charge in [-0.15, -0.1) is 12.4 Å². The van der Waals surface area contributed by atoms with Crippen LogP contribution in [0.15, 0.2) is 29.2 Å². The summed E-state index contributed by atoms with van der Waals surface area (Å²) in [4.78, 5) is 12.0. The first-order valence-electron chi connectivity index (χ1n) is 8.95. The lowest BCUT2D eigenvalue weighted by atomic mass is 10.0. The molecule has 148 valence electrons. The largest absolute Gasteiger partial charge is 0.354 e. The van der Waals surface area contributed by atoms with E-state index in [1.54, 1.807) is 16.4 Å². The normalized spacial score (nSPS) is 18.4. The van der Waals surface area contributed by atoms with Gasteiger partial charge in [0.2, 0.25) is 15.9 Å². The molecule has 1 aliphatic heterocycles. The fourth-order valence-corrected chi connectivity index (χ4v) is 4.80. The number of carbonyl (C=O) groups is 1. The molecule has 1 heterocycles. The highest BCUT2D eigenvalue weighted by Gasteiger charge is 2.33. The van der Waals surface area contributed by atoms with Crippen molar-refractivity contribution >= 4 is 28.3 Å². The van der Waals surface area contributed by atoms with Gasteiger partial charge in [0.05, 0.1) is 4.90 Å². The van der Waals surface area contributed by atoms with Crippen molar-refractivity contribution in [2.24, 2.45) is 5.73 Å². The maximum atomic E-state index is 13.0. The van der Waals surface area contributed by atoms with Gasteiger partial charge >= 0.3 is 0 Å². The van der Waals surface area contributed by atoms with Crippen molar-refractivity contribution in [3.05, 3.63) is 29.8 Å². The average Bonchev–Trinajstić information content (AvgIpc) is 2.60. The number of piperidine rings is 1. The van der Waals surface area contributed by atoms with Gasteiger partial charge in [0.25, 0.3) is 0 Å². The summed E-state index contributed by atoms with van der Waals surface area (Å²) in [5.74, 6) is 0.226. The second-order valence-corrected chi connectivity index (χ2v) is 8.72. The fraction of sp³-hybridized carbons (Fsp3) is 0.611. The number of benzene rings is 1. The molecule has 8 heteroatoms. The summed E-state index contributed by atoms with van der Waals surface area (Å²) in [7, 11) is -3.56. The Morgan fingerprint density at radius 3 is 2.50 bits per heavy atom. The van der Waals surface area contributed by atoms with E-state index in [0.29, 0.717) is 30.4 Å². The maximum Gasteiger partial charge on any atom is 0.243 e. The molecule has 1 fully saturated rings. The molecule has 0 spiro atoms. The predicted octanol–water partition coefficient (Wildman–Crippen LogP) is 2.24. The zero-order valence-electron chi connectivity index (χ0n) is 15.5. The first-order valence-corrected chi connectivity index (χ1v) is 10.4. The number of nitrogens with two attached hydrogens (primary N) is 1. The number of amides is 1. The second kappa shape index (κ2) is 10.3. The third-order valence-corrected chi connectivity index (χ3v) is 6.60. The summed E-state index contributed by atoms with van der Waals surface area (Å²) in [5, 5.41) is 2.81. The van der Waals surface area contributed by atoms with E-state index < -0.39 is 10.0 Å². The standard InChI is InChI=1S/C18H29N3O3S.ClH/c1-14(2)15-6-8-17(9-7-15)25(23,24)21-12-4-3-5-16(21)13-20-18(22)10-11-19;/h6-9,14,16H,3-5,10-13,19H2,1-2H3,(H,20,22);1H. The van der Waals surface area contributed by atoms with Gasteiger partial charge in [0, 0.05) is 32.1 Å². The first-order chi connectivity index (χ1) is 11.9. The summed E-state index contributed by atoms with van der Waals surface area (Å²) in [6.07, 6.45) is 2.83. The van der Waals surface area contributed by atoms with Crippen LogP contribution in [0.5, 0.6) is 0 Å². The van der Waals surface area contributed by atoms with Crippen LogP contribution in [-0.2, 0) is 14.8 Å². The monoisotopic (exact) mass is 403 g/mol. The zero-order valence-corrected chi connectivity index (χ0v) is 17.1. The Balaban J connectivity index is 0.00000338. The summed E-state index contributed by atoms with van der Waals surface area (Å²) in [6.45, 7) is 5.27. The Morgan fingerprint density at radius 1 is 1.27 bits per heavy atom. The molecule has 6 nitrogen and oxygen atoms in total. The lowest BCUT2D eigenvalue weighted by Crippen LogP contribution is -2.49. The van der Waals surface area contributed by atoms with Crippen LogP contribution in [0.25, 0.3) is 0 Å². The van der Waals surface area contributed by atoms with E-state index in [-0.39, 0.29) is 30.8 Å². The summed E-state index contributed by atoms with van der Waals surface area (Å²) < 4.78 is 27.6. The van der Waals surface area contributed by atoms with Crippen molar-refractivity contribution in [2.45, 2.75) is 56.4 Å². The highest BCUT2D eigenvalue weighted by Crippen LogP contribution is 2.26. The highest BCUT2D eigenvalue weighted by atomic mass is 35.5. The minimum Gasteiger partial charge on any atom is -0.354 e. The molecule has 26 heavy (non-hydrogen) atoms. The summed E-state index contributed by atoms with van der Waals surface area (Å²) in [5.41, 5.74) is 6.49. The quantitative estimate of drug-likeness (QED) is 0.730. The van der Waals surface area contributed by atoms with Crippen molar-refractivity contribution in [3.63, 3.8) is 0 Å². The van der Waals surface area contributed by atoms with E-state index >= 15 is 0 Å². The lowest BCUT2D eigenvalue weighted by molar-refractivity contribution is -0.121. The second-order valence-electron chi connectivity index (χ2n) is 6.83. The maximum absolute atomic E-state index is 13.0. The molecule has 0 aliphatic carbocycles. The molecule has 0 radical (unpaired) electrons. The number of nitrogens with one attached hydrogen (secondary N) is 1. The van der Waals surface area contributed by atoms with Crippen molar-refractivity contribution in [3.8, 4) is 0 Å². The SMILES string of the molecule is CC(C)c1ccc(S(=O)(=O)N2CCCCC2CNC(=O)CCN)cc1.Cl. The molecule has 1 aromatic rings. The van der Waals surface area contributed by atoms with Gasteiger partial charge in [0.15, 0.2) is 0 Å². The molecule has 1 saturated heterocycles. The van der Waals surface area contributed by atoms with Gasteiger partial charge in [-0.1, -0.05) is 32.4 Å². The van der Waals surface area contributed by atoms with Crippen LogP contribution in [0, 0.1) is 0 Å². The number of hydrogen-bond acceptors (Lipinski definition) is 4. The topological polar surface area (TPSA) is 92.5 Å². The molecule has 0 saturated carbocycles. The van der Waals surface area contributed by atoms with Crippen LogP contribution >= 0.6 is 12.4 Å². The van der Waals surface area contributed by atoms with Crippen LogP contribution in [0.4, 0.5) is 0 Å². The van der Waals surface area contributed by atoms with Crippen LogP contribution in [0.3, 0.4) is 0 Å². The van der Waals surface area contributed by atoms with Gasteiger partial charge < -0.3 is 11.1 Å². The van der Waals surface area contributed by atoms with Gasteiger partial charge in [-0.25, -0.2) is 8.42 Å². The van der Waals surface area contributed by atoms with E-state index in [4.69, 9.17) is 5.73 Å². The zero-order chi connectivity index (χ0) is 18.4. The third-order valence-electron chi connectivity index (χ3n) is 4.63. The lowest BCUT2D eigenvalue weighted by Gasteiger charge is -2.34. The van der Waals surface area contributed by atoms with Gasteiger partial charge in [-0.05, 0) is 36.5 Å². The van der Waals surface area contributed by atoms with E-state index in [1.807, 2.05) is 12.1 Å². The Hall–Kier alpha value is -1.15. The number of hydrogen-bond donors (Lipinski definition) is 2. The van der Waals surface area contributed by atoms with Crippen molar-refractivity contribution in [1.82, 2.24) is 9.62 Å². The molecule has 1 aromatic carbocycles. The van der Waals surface area contributed by atoms with Gasteiger partial charge in [-0.2, -0.15) is 4.31 Å². The van der Waals surface area contributed by atoms with Gasteiger partial charge in [0.1, 0.15) is 0 Å². The molecule has 0 bridgehead atoms. The number of nitrogens with zero attached hydrogens (tertiary/aromatic N) is 1. The number of halogens is 1. The van der Waals surface area contributed by atoms with E-state index in [2.05, 4.69) is 19.2 Å². The number of carbonyl (C=O) groups excluding carboxylic acids is 1. The highest BCUT2D eigenvalue weighted by molar-refractivity contribution is 7.89. The molecule has 0 aromatic heterocycles. The van der Waals surface area contributed by atoms with Crippen molar-refractivity contribution < 1.29 is 13.2 Å². The Morgan fingerprint density at radius 2 is 1.92 bits per heavy atom. The Bertz CT molecular complexity index is 677. The van der Waals surface area contributed by atoms with Crippen LogP contribution in [0.1, 0.15) is 51.0 Å². The minimum atomic E-state index is -3.56. The van der Waals surface area contributed by atoms with E-state index in [0.717, 1.165) is 24.8 Å². The van der Waals surface area contributed by atoms with Crippen LogP contribution in [0.2, 0.25) is 0 Å². The molecular formula is C18H30ClN3O3S. The molecule has 1 amide bonds. The van der Waals surface area contributed by atoms with Crippen molar-refractivity contribution in [2.75, 3.05) is 19.6 Å². The van der Waals surface area contributed by atoms with Gasteiger partial charge in [-0.3, -0.25) is 4.79 Å². The molecule has 1 atom stereocenters. The minimum absolute atomic E-state index is 0. The number of rotatable bonds is 7. The molecule has 1 unspecified atom stereocenters. The fourth-order valence-electron chi connectivity index (χ4n) is 3.11.